The summed E-state index contributed by atoms with van der Waals surface area (Å²) < 4.78 is 1.77. The molecular weight excluding hydrogens is 266 g/mol. The van der Waals surface area contributed by atoms with Gasteiger partial charge in [0.15, 0.2) is 0 Å². The van der Waals surface area contributed by atoms with Gasteiger partial charge in [-0.25, -0.2) is 9.97 Å². The monoisotopic (exact) mass is 285 g/mol. The van der Waals surface area contributed by atoms with Gasteiger partial charge in [0.2, 0.25) is 0 Å². The van der Waals surface area contributed by atoms with Crippen molar-refractivity contribution in [2.75, 3.05) is 6.54 Å². The molecule has 1 aliphatic rings. The third-order valence-corrected chi connectivity index (χ3v) is 4.05. The van der Waals surface area contributed by atoms with Crippen molar-refractivity contribution in [1.29, 1.82) is 0 Å². The summed E-state index contributed by atoms with van der Waals surface area (Å²) in [5.41, 5.74) is 6.36. The molecule has 1 aliphatic carbocycles. The minimum atomic E-state index is -0.0656. The lowest BCUT2D eigenvalue weighted by Gasteiger charge is -2.19. The molecule has 2 aromatic heterocycles. The first-order valence-corrected chi connectivity index (χ1v) is 7.23. The van der Waals surface area contributed by atoms with Crippen LogP contribution in [-0.2, 0) is 0 Å². The third kappa shape index (κ3) is 2.95. The van der Waals surface area contributed by atoms with E-state index in [0.29, 0.717) is 23.8 Å². The standard InChI is InChI=1S/C15H19N5O/c16-9-12-2-1-3-13(12)19-15(21)11-4-5-18-14(8-11)20-7-6-17-10-20/h4-8,10,12-13H,1-3,9,16H2,(H,19,21). The van der Waals surface area contributed by atoms with E-state index in [9.17, 15) is 4.79 Å². The van der Waals surface area contributed by atoms with Crippen molar-refractivity contribution in [3.8, 4) is 5.82 Å². The first-order valence-electron chi connectivity index (χ1n) is 7.23. The van der Waals surface area contributed by atoms with Gasteiger partial charge in [-0.15, -0.1) is 0 Å². The molecule has 2 aromatic rings. The summed E-state index contributed by atoms with van der Waals surface area (Å²) in [6, 6.07) is 3.68. The third-order valence-electron chi connectivity index (χ3n) is 4.05. The van der Waals surface area contributed by atoms with Crippen LogP contribution in [0.25, 0.3) is 5.82 Å². The van der Waals surface area contributed by atoms with Crippen LogP contribution in [0.2, 0.25) is 0 Å². The highest BCUT2D eigenvalue weighted by atomic mass is 16.1. The van der Waals surface area contributed by atoms with E-state index in [1.54, 1.807) is 41.6 Å². The van der Waals surface area contributed by atoms with Gasteiger partial charge in [-0.2, -0.15) is 0 Å². The smallest absolute Gasteiger partial charge is 0.251 e. The SMILES string of the molecule is NCC1CCCC1NC(=O)c1ccnc(-n2ccnc2)c1. The maximum Gasteiger partial charge on any atom is 0.251 e. The highest BCUT2D eigenvalue weighted by molar-refractivity contribution is 5.94. The minimum Gasteiger partial charge on any atom is -0.349 e. The number of aromatic nitrogens is 3. The predicted molar refractivity (Wildman–Crippen MR) is 79.0 cm³/mol. The number of nitrogens with zero attached hydrogens (tertiary/aromatic N) is 3. The van der Waals surface area contributed by atoms with Gasteiger partial charge in [-0.05, 0) is 37.4 Å². The normalized spacial score (nSPS) is 21.4. The molecule has 0 aliphatic heterocycles. The fraction of sp³-hybridized carbons (Fsp3) is 0.400. The zero-order valence-corrected chi connectivity index (χ0v) is 11.8. The highest BCUT2D eigenvalue weighted by Gasteiger charge is 2.27. The Kier molecular flexibility index (Phi) is 3.96. The fourth-order valence-corrected chi connectivity index (χ4v) is 2.86. The zero-order valence-electron chi connectivity index (χ0n) is 11.8. The summed E-state index contributed by atoms with van der Waals surface area (Å²) in [5.74, 6) is 1.01. The van der Waals surface area contributed by atoms with Crippen LogP contribution in [0.15, 0.2) is 37.1 Å². The summed E-state index contributed by atoms with van der Waals surface area (Å²) >= 11 is 0. The van der Waals surface area contributed by atoms with E-state index in [0.717, 1.165) is 19.3 Å². The Morgan fingerprint density at radius 1 is 1.43 bits per heavy atom. The molecule has 0 aromatic carbocycles. The van der Waals surface area contributed by atoms with Crippen LogP contribution in [0.5, 0.6) is 0 Å². The summed E-state index contributed by atoms with van der Waals surface area (Å²) in [4.78, 5) is 20.6. The molecule has 0 spiro atoms. The molecular formula is C15H19N5O. The molecule has 3 rings (SSSR count). The maximum atomic E-state index is 12.4. The van der Waals surface area contributed by atoms with Gasteiger partial charge >= 0.3 is 0 Å². The molecule has 0 saturated heterocycles. The lowest BCUT2D eigenvalue weighted by atomic mass is 10.0. The van der Waals surface area contributed by atoms with E-state index in [2.05, 4.69) is 15.3 Å². The van der Waals surface area contributed by atoms with E-state index in [4.69, 9.17) is 5.73 Å². The molecule has 2 heterocycles. The van der Waals surface area contributed by atoms with Crippen molar-refractivity contribution >= 4 is 5.91 Å². The van der Waals surface area contributed by atoms with E-state index in [1.165, 1.54) is 0 Å². The van der Waals surface area contributed by atoms with Crippen LogP contribution in [0, 0.1) is 5.92 Å². The van der Waals surface area contributed by atoms with Gasteiger partial charge in [0.1, 0.15) is 12.1 Å². The van der Waals surface area contributed by atoms with Crippen LogP contribution in [0.1, 0.15) is 29.6 Å². The topological polar surface area (TPSA) is 85.8 Å². The molecule has 6 nitrogen and oxygen atoms in total. The van der Waals surface area contributed by atoms with Crippen molar-refractivity contribution in [3.05, 3.63) is 42.6 Å². The number of nitrogens with one attached hydrogen (secondary N) is 1. The van der Waals surface area contributed by atoms with Crippen molar-refractivity contribution in [3.63, 3.8) is 0 Å². The first-order chi connectivity index (χ1) is 10.3. The highest BCUT2D eigenvalue weighted by Crippen LogP contribution is 2.24. The molecule has 0 radical (unpaired) electrons. The van der Waals surface area contributed by atoms with Gasteiger partial charge in [0.05, 0.1) is 0 Å². The van der Waals surface area contributed by atoms with Gasteiger partial charge < -0.3 is 11.1 Å². The Labute approximate surface area is 123 Å². The Morgan fingerprint density at radius 3 is 3.10 bits per heavy atom. The van der Waals surface area contributed by atoms with E-state index in [-0.39, 0.29) is 11.9 Å². The number of carbonyl (C=O) groups is 1. The molecule has 1 fully saturated rings. The Bertz CT molecular complexity index is 610. The molecule has 6 heteroatoms. The average Bonchev–Trinajstić information content (AvgIpc) is 3.18. The summed E-state index contributed by atoms with van der Waals surface area (Å²) in [5, 5.41) is 3.10. The van der Waals surface area contributed by atoms with Crippen LogP contribution in [-0.4, -0.2) is 33.0 Å². The van der Waals surface area contributed by atoms with Crippen LogP contribution in [0.3, 0.4) is 0 Å². The maximum absolute atomic E-state index is 12.4. The van der Waals surface area contributed by atoms with Crippen molar-refractivity contribution in [1.82, 2.24) is 19.9 Å². The number of amides is 1. The Hall–Kier alpha value is -2.21. The minimum absolute atomic E-state index is 0.0656. The van der Waals surface area contributed by atoms with E-state index >= 15 is 0 Å². The van der Waals surface area contributed by atoms with Crippen molar-refractivity contribution in [2.45, 2.75) is 25.3 Å². The molecule has 110 valence electrons. The van der Waals surface area contributed by atoms with E-state index in [1.807, 2.05) is 0 Å². The second kappa shape index (κ2) is 6.05. The number of pyridine rings is 1. The summed E-state index contributed by atoms with van der Waals surface area (Å²) in [7, 11) is 0. The Morgan fingerprint density at radius 2 is 2.33 bits per heavy atom. The van der Waals surface area contributed by atoms with Crippen LogP contribution < -0.4 is 11.1 Å². The van der Waals surface area contributed by atoms with Crippen LogP contribution in [0.4, 0.5) is 0 Å². The number of carbonyl (C=O) groups excluding carboxylic acids is 1. The average molecular weight is 285 g/mol. The summed E-state index contributed by atoms with van der Waals surface area (Å²) in [6.07, 6.45) is 10.0. The quantitative estimate of drug-likeness (QED) is 0.881. The number of hydrogen-bond acceptors (Lipinski definition) is 4. The van der Waals surface area contributed by atoms with Crippen LogP contribution >= 0.6 is 0 Å². The lowest BCUT2D eigenvalue weighted by molar-refractivity contribution is 0.0928. The van der Waals surface area contributed by atoms with Gasteiger partial charge in [0, 0.05) is 30.2 Å². The Balaban J connectivity index is 1.74. The van der Waals surface area contributed by atoms with E-state index < -0.39 is 0 Å². The second-order valence-corrected chi connectivity index (χ2v) is 5.38. The number of hydrogen-bond donors (Lipinski definition) is 2. The number of imidazole rings is 1. The molecule has 2 atom stereocenters. The van der Waals surface area contributed by atoms with Gasteiger partial charge in [-0.3, -0.25) is 9.36 Å². The zero-order chi connectivity index (χ0) is 14.7. The fourth-order valence-electron chi connectivity index (χ4n) is 2.86. The predicted octanol–water partition coefficient (Wildman–Crippen LogP) is 1.12. The van der Waals surface area contributed by atoms with Crippen molar-refractivity contribution < 1.29 is 4.79 Å². The molecule has 0 bridgehead atoms. The van der Waals surface area contributed by atoms with Crippen molar-refractivity contribution in [2.24, 2.45) is 11.7 Å². The molecule has 1 amide bonds. The second-order valence-electron chi connectivity index (χ2n) is 5.38. The summed E-state index contributed by atoms with van der Waals surface area (Å²) in [6.45, 7) is 0.627. The largest absolute Gasteiger partial charge is 0.349 e. The first kappa shape index (κ1) is 13.8. The lowest BCUT2D eigenvalue weighted by Crippen LogP contribution is -2.39. The molecule has 3 N–H and O–H groups in total. The number of nitrogens with two attached hydrogens (primary N) is 1. The van der Waals surface area contributed by atoms with Gasteiger partial charge in [-0.1, -0.05) is 6.42 Å². The molecule has 2 unspecified atom stereocenters. The van der Waals surface area contributed by atoms with Gasteiger partial charge in [0.25, 0.3) is 5.91 Å². The molecule has 21 heavy (non-hydrogen) atoms. The molecule has 1 saturated carbocycles. The number of rotatable bonds is 4.